The minimum atomic E-state index is -0.697. The molecule has 1 aliphatic carbocycles. The number of nitrogens with one attached hydrogen (secondary N) is 1. The minimum Gasteiger partial charge on any atom is -0.481 e. The Morgan fingerprint density at radius 1 is 1.54 bits per heavy atom. The summed E-state index contributed by atoms with van der Waals surface area (Å²) in [6, 6.07) is 0.741. The van der Waals surface area contributed by atoms with E-state index < -0.39 is 5.97 Å². The van der Waals surface area contributed by atoms with Crippen molar-refractivity contribution < 1.29 is 9.90 Å². The minimum absolute atomic E-state index is 0.167. The van der Waals surface area contributed by atoms with Gasteiger partial charge in [-0.2, -0.15) is 0 Å². The maximum absolute atomic E-state index is 10.5. The molecule has 0 saturated heterocycles. The Morgan fingerprint density at radius 2 is 2.15 bits per heavy atom. The third-order valence-electron chi connectivity index (χ3n) is 2.74. The number of rotatable bonds is 5. The van der Waals surface area contributed by atoms with Gasteiger partial charge in [-0.25, -0.2) is 0 Å². The van der Waals surface area contributed by atoms with Crippen molar-refractivity contribution in [1.82, 2.24) is 5.32 Å². The van der Waals surface area contributed by atoms with Crippen molar-refractivity contribution in [3.05, 3.63) is 0 Å². The van der Waals surface area contributed by atoms with Gasteiger partial charge in [0, 0.05) is 12.1 Å². The van der Waals surface area contributed by atoms with Gasteiger partial charge in [-0.05, 0) is 19.3 Å². The smallest absolute Gasteiger partial charge is 0.304 e. The molecule has 1 unspecified atom stereocenters. The first kappa shape index (κ1) is 10.5. The van der Waals surface area contributed by atoms with Crippen LogP contribution in [-0.4, -0.2) is 23.2 Å². The zero-order valence-electron chi connectivity index (χ0n) is 8.25. The van der Waals surface area contributed by atoms with Crippen LogP contribution in [0.25, 0.3) is 0 Å². The largest absolute Gasteiger partial charge is 0.481 e. The van der Waals surface area contributed by atoms with E-state index in [0.29, 0.717) is 6.04 Å². The molecule has 0 bridgehead atoms. The molecule has 0 spiro atoms. The normalized spacial score (nSPS) is 20.4. The van der Waals surface area contributed by atoms with Crippen LogP contribution >= 0.6 is 0 Å². The average Bonchev–Trinajstić information content (AvgIpc) is 2.55. The van der Waals surface area contributed by atoms with Gasteiger partial charge in [0.2, 0.25) is 0 Å². The lowest BCUT2D eigenvalue weighted by atomic mass is 10.1. The van der Waals surface area contributed by atoms with Gasteiger partial charge in [0.25, 0.3) is 0 Å². The molecule has 2 N–H and O–H groups in total. The number of carboxylic acids is 1. The molecular weight excluding hydrogens is 166 g/mol. The average molecular weight is 185 g/mol. The predicted octanol–water partition coefficient (Wildman–Crippen LogP) is 1.77. The first-order valence-corrected chi connectivity index (χ1v) is 5.20. The topological polar surface area (TPSA) is 49.3 Å². The van der Waals surface area contributed by atoms with Gasteiger partial charge in [-0.3, -0.25) is 4.79 Å². The lowest BCUT2D eigenvalue weighted by Gasteiger charge is -2.19. The molecule has 1 aliphatic rings. The van der Waals surface area contributed by atoms with Crippen molar-refractivity contribution in [2.75, 3.05) is 0 Å². The van der Waals surface area contributed by atoms with Gasteiger partial charge in [-0.1, -0.05) is 19.8 Å². The molecule has 0 aromatic carbocycles. The summed E-state index contributed by atoms with van der Waals surface area (Å²) in [5.74, 6) is -0.697. The lowest BCUT2D eigenvalue weighted by Crippen LogP contribution is -2.37. The molecule has 0 heterocycles. The third kappa shape index (κ3) is 3.77. The standard InChI is InChI=1S/C10H19NO2/c1-2-8(7-10(12)13)11-9-5-3-4-6-9/h8-9,11H,2-7H2,1H3,(H,12,13). The van der Waals surface area contributed by atoms with E-state index in [1.54, 1.807) is 0 Å². The highest BCUT2D eigenvalue weighted by atomic mass is 16.4. The van der Waals surface area contributed by atoms with E-state index in [1.165, 1.54) is 25.7 Å². The predicted molar refractivity (Wildman–Crippen MR) is 51.7 cm³/mol. The molecule has 0 amide bonds. The van der Waals surface area contributed by atoms with Crippen LogP contribution in [-0.2, 0) is 4.79 Å². The molecule has 1 rings (SSSR count). The van der Waals surface area contributed by atoms with Gasteiger partial charge in [0.15, 0.2) is 0 Å². The lowest BCUT2D eigenvalue weighted by molar-refractivity contribution is -0.137. The molecule has 3 nitrogen and oxygen atoms in total. The van der Waals surface area contributed by atoms with Gasteiger partial charge >= 0.3 is 5.97 Å². The van der Waals surface area contributed by atoms with E-state index in [4.69, 9.17) is 5.11 Å². The molecule has 0 aliphatic heterocycles. The maximum Gasteiger partial charge on any atom is 0.304 e. The fourth-order valence-electron chi connectivity index (χ4n) is 1.96. The van der Waals surface area contributed by atoms with Crippen molar-refractivity contribution in [2.45, 2.75) is 57.5 Å². The highest BCUT2D eigenvalue weighted by Crippen LogP contribution is 2.18. The monoisotopic (exact) mass is 185 g/mol. The number of carbonyl (C=O) groups is 1. The first-order valence-electron chi connectivity index (χ1n) is 5.20. The Hall–Kier alpha value is -0.570. The molecule has 1 atom stereocenters. The van der Waals surface area contributed by atoms with Crippen molar-refractivity contribution in [3.63, 3.8) is 0 Å². The van der Waals surface area contributed by atoms with Crippen LogP contribution in [0.1, 0.15) is 45.4 Å². The summed E-state index contributed by atoms with van der Waals surface area (Å²) in [6.45, 7) is 2.04. The Bertz CT molecular complexity index is 164. The molecule has 0 aromatic rings. The van der Waals surface area contributed by atoms with Crippen LogP contribution in [0.2, 0.25) is 0 Å². The number of carboxylic acid groups (broad SMARTS) is 1. The zero-order chi connectivity index (χ0) is 9.68. The molecule has 3 heteroatoms. The number of hydrogen-bond acceptors (Lipinski definition) is 2. The quantitative estimate of drug-likeness (QED) is 0.686. The molecule has 0 radical (unpaired) electrons. The second kappa shape index (κ2) is 5.22. The highest BCUT2D eigenvalue weighted by molar-refractivity contribution is 5.67. The third-order valence-corrected chi connectivity index (χ3v) is 2.74. The Labute approximate surface area is 79.5 Å². The fraction of sp³-hybridized carbons (Fsp3) is 0.900. The molecular formula is C10H19NO2. The number of aliphatic carboxylic acids is 1. The van der Waals surface area contributed by atoms with Crippen molar-refractivity contribution in [3.8, 4) is 0 Å². The van der Waals surface area contributed by atoms with Gasteiger partial charge < -0.3 is 10.4 Å². The summed E-state index contributed by atoms with van der Waals surface area (Å²) in [6.07, 6.45) is 6.18. The van der Waals surface area contributed by atoms with Crippen molar-refractivity contribution in [1.29, 1.82) is 0 Å². The van der Waals surface area contributed by atoms with Gasteiger partial charge in [0.05, 0.1) is 6.42 Å². The van der Waals surface area contributed by atoms with E-state index in [-0.39, 0.29) is 12.5 Å². The SMILES string of the molecule is CCC(CC(=O)O)NC1CCCC1. The summed E-state index contributed by atoms with van der Waals surface area (Å²) in [4.78, 5) is 10.5. The van der Waals surface area contributed by atoms with Crippen LogP contribution in [0.5, 0.6) is 0 Å². The van der Waals surface area contributed by atoms with E-state index in [2.05, 4.69) is 5.32 Å². The molecule has 13 heavy (non-hydrogen) atoms. The second-order valence-corrected chi connectivity index (χ2v) is 3.85. The summed E-state index contributed by atoms with van der Waals surface area (Å²) < 4.78 is 0. The fourth-order valence-corrected chi connectivity index (χ4v) is 1.96. The molecule has 76 valence electrons. The van der Waals surface area contributed by atoms with E-state index in [9.17, 15) is 4.79 Å². The second-order valence-electron chi connectivity index (χ2n) is 3.85. The van der Waals surface area contributed by atoms with E-state index in [1.807, 2.05) is 6.92 Å². The van der Waals surface area contributed by atoms with Crippen molar-refractivity contribution >= 4 is 5.97 Å². The summed E-state index contributed by atoms with van der Waals surface area (Å²) in [7, 11) is 0. The first-order chi connectivity index (χ1) is 6.22. The molecule has 1 saturated carbocycles. The Balaban J connectivity index is 2.25. The Morgan fingerprint density at radius 3 is 2.62 bits per heavy atom. The van der Waals surface area contributed by atoms with Gasteiger partial charge in [0.1, 0.15) is 0 Å². The molecule has 1 fully saturated rings. The van der Waals surface area contributed by atoms with E-state index >= 15 is 0 Å². The van der Waals surface area contributed by atoms with Crippen LogP contribution in [0.4, 0.5) is 0 Å². The number of hydrogen-bond donors (Lipinski definition) is 2. The zero-order valence-corrected chi connectivity index (χ0v) is 8.25. The van der Waals surface area contributed by atoms with Crippen molar-refractivity contribution in [2.24, 2.45) is 0 Å². The summed E-state index contributed by atoms with van der Waals surface area (Å²) >= 11 is 0. The maximum atomic E-state index is 10.5. The van der Waals surface area contributed by atoms with Gasteiger partial charge in [-0.15, -0.1) is 0 Å². The summed E-state index contributed by atoms with van der Waals surface area (Å²) in [5.41, 5.74) is 0. The Kier molecular flexibility index (Phi) is 4.22. The molecule has 0 aromatic heterocycles. The summed E-state index contributed by atoms with van der Waals surface area (Å²) in [5, 5.41) is 12.1. The highest BCUT2D eigenvalue weighted by Gasteiger charge is 2.19. The van der Waals surface area contributed by atoms with Crippen LogP contribution in [0.3, 0.4) is 0 Å². The van der Waals surface area contributed by atoms with Crippen LogP contribution < -0.4 is 5.32 Å². The van der Waals surface area contributed by atoms with Crippen LogP contribution in [0, 0.1) is 0 Å². The van der Waals surface area contributed by atoms with Crippen LogP contribution in [0.15, 0.2) is 0 Å². The van der Waals surface area contributed by atoms with E-state index in [0.717, 1.165) is 6.42 Å².